The topological polar surface area (TPSA) is 97.8 Å². The van der Waals surface area contributed by atoms with Gasteiger partial charge in [0.25, 0.3) is 5.69 Å². The molecule has 6 nitrogen and oxygen atoms in total. The van der Waals surface area contributed by atoms with Crippen LogP contribution in [0.15, 0.2) is 35.7 Å². The first-order valence-electron chi connectivity index (χ1n) is 5.90. The van der Waals surface area contributed by atoms with Crippen LogP contribution >= 0.6 is 22.9 Å². The SMILES string of the molecule is Nc1n[nH]c(-c2c(Cl)cccc2[N+](=O)[O-])c1-c1cccs1. The van der Waals surface area contributed by atoms with Gasteiger partial charge in [-0.05, 0) is 17.5 Å². The van der Waals surface area contributed by atoms with Crippen molar-refractivity contribution in [2.45, 2.75) is 0 Å². The fourth-order valence-corrected chi connectivity index (χ4v) is 3.17. The summed E-state index contributed by atoms with van der Waals surface area (Å²) in [4.78, 5) is 11.6. The molecule has 3 aromatic rings. The molecule has 0 amide bonds. The maximum atomic E-state index is 11.2. The molecule has 2 heterocycles. The van der Waals surface area contributed by atoms with Crippen LogP contribution in [-0.4, -0.2) is 15.1 Å². The van der Waals surface area contributed by atoms with Crippen molar-refractivity contribution < 1.29 is 4.92 Å². The molecule has 0 radical (unpaired) electrons. The maximum absolute atomic E-state index is 11.2. The molecule has 0 atom stereocenters. The number of aromatic amines is 1. The minimum absolute atomic E-state index is 0.0936. The number of anilines is 1. The second-order valence-electron chi connectivity index (χ2n) is 4.23. The fourth-order valence-electron chi connectivity index (χ4n) is 2.12. The second kappa shape index (κ2) is 5.19. The molecule has 0 spiro atoms. The van der Waals surface area contributed by atoms with Gasteiger partial charge in [0.15, 0.2) is 5.82 Å². The monoisotopic (exact) mass is 320 g/mol. The molecule has 0 unspecified atom stereocenters. The lowest BCUT2D eigenvalue weighted by atomic mass is 10.0. The maximum Gasteiger partial charge on any atom is 0.280 e. The Morgan fingerprint density at radius 2 is 2.10 bits per heavy atom. The van der Waals surface area contributed by atoms with E-state index in [-0.39, 0.29) is 22.1 Å². The van der Waals surface area contributed by atoms with E-state index in [4.69, 9.17) is 17.3 Å². The van der Waals surface area contributed by atoms with Gasteiger partial charge >= 0.3 is 0 Å². The lowest BCUT2D eigenvalue weighted by Gasteiger charge is -2.06. The van der Waals surface area contributed by atoms with Gasteiger partial charge in [0, 0.05) is 10.9 Å². The molecule has 21 heavy (non-hydrogen) atoms. The number of nitrogen functional groups attached to an aromatic ring is 1. The van der Waals surface area contributed by atoms with Gasteiger partial charge in [0.1, 0.15) is 0 Å². The largest absolute Gasteiger partial charge is 0.382 e. The number of aromatic nitrogens is 2. The van der Waals surface area contributed by atoms with Gasteiger partial charge < -0.3 is 5.73 Å². The number of hydrogen-bond acceptors (Lipinski definition) is 5. The summed E-state index contributed by atoms with van der Waals surface area (Å²) in [6, 6.07) is 8.28. The fraction of sp³-hybridized carbons (Fsp3) is 0. The van der Waals surface area contributed by atoms with Gasteiger partial charge in [-0.15, -0.1) is 11.3 Å². The molecule has 0 aliphatic heterocycles. The van der Waals surface area contributed by atoms with Gasteiger partial charge in [-0.3, -0.25) is 15.2 Å². The molecular formula is C13H9ClN4O2S. The van der Waals surface area contributed by atoms with Gasteiger partial charge in [-0.1, -0.05) is 23.7 Å². The average Bonchev–Trinajstić information content (AvgIpc) is 3.07. The van der Waals surface area contributed by atoms with E-state index < -0.39 is 4.92 Å². The summed E-state index contributed by atoms with van der Waals surface area (Å²) in [5, 5.41) is 20.1. The Bertz CT molecular complexity index is 814. The molecule has 106 valence electrons. The Morgan fingerprint density at radius 3 is 2.76 bits per heavy atom. The molecule has 2 aromatic heterocycles. The van der Waals surface area contributed by atoms with Crippen molar-refractivity contribution in [1.29, 1.82) is 0 Å². The molecule has 0 aliphatic rings. The lowest BCUT2D eigenvalue weighted by molar-refractivity contribution is -0.384. The minimum Gasteiger partial charge on any atom is -0.382 e. The Labute approximate surface area is 128 Å². The molecule has 1 aromatic carbocycles. The zero-order valence-electron chi connectivity index (χ0n) is 10.5. The lowest BCUT2D eigenvalue weighted by Crippen LogP contribution is -1.94. The summed E-state index contributed by atoms with van der Waals surface area (Å²) >= 11 is 7.63. The first-order valence-corrected chi connectivity index (χ1v) is 7.16. The first kappa shape index (κ1) is 13.6. The molecule has 3 rings (SSSR count). The molecule has 0 bridgehead atoms. The summed E-state index contributed by atoms with van der Waals surface area (Å²) in [7, 11) is 0. The summed E-state index contributed by atoms with van der Waals surface area (Å²) in [6.45, 7) is 0. The van der Waals surface area contributed by atoms with Gasteiger partial charge in [-0.25, -0.2) is 0 Å². The van der Waals surface area contributed by atoms with Crippen LogP contribution in [0, 0.1) is 10.1 Å². The van der Waals surface area contributed by atoms with Crippen molar-refractivity contribution in [3.63, 3.8) is 0 Å². The highest BCUT2D eigenvalue weighted by Gasteiger charge is 2.25. The third-order valence-electron chi connectivity index (χ3n) is 3.00. The van der Waals surface area contributed by atoms with E-state index in [2.05, 4.69) is 10.2 Å². The number of rotatable bonds is 3. The number of nitrogens with zero attached hydrogens (tertiary/aromatic N) is 2. The highest BCUT2D eigenvalue weighted by molar-refractivity contribution is 7.13. The number of nitro benzene ring substituents is 1. The van der Waals surface area contributed by atoms with Crippen LogP contribution in [0.2, 0.25) is 5.02 Å². The number of nitrogens with two attached hydrogens (primary N) is 1. The molecule has 0 saturated heterocycles. The van der Waals surface area contributed by atoms with E-state index >= 15 is 0 Å². The molecule has 0 aliphatic carbocycles. The van der Waals surface area contributed by atoms with Crippen LogP contribution in [0.3, 0.4) is 0 Å². The van der Waals surface area contributed by atoms with Gasteiger partial charge in [-0.2, -0.15) is 5.10 Å². The highest BCUT2D eigenvalue weighted by Crippen LogP contribution is 2.43. The van der Waals surface area contributed by atoms with Crippen LogP contribution in [0.1, 0.15) is 0 Å². The average molecular weight is 321 g/mol. The minimum atomic E-state index is -0.476. The smallest absolute Gasteiger partial charge is 0.280 e. The Morgan fingerprint density at radius 1 is 1.29 bits per heavy atom. The molecule has 0 fully saturated rings. The van der Waals surface area contributed by atoms with E-state index in [0.29, 0.717) is 11.3 Å². The zero-order valence-corrected chi connectivity index (χ0v) is 12.1. The van der Waals surface area contributed by atoms with Crippen molar-refractivity contribution in [3.8, 4) is 21.7 Å². The van der Waals surface area contributed by atoms with Gasteiger partial charge in [0.05, 0.1) is 26.8 Å². The Balaban J connectivity index is 2.31. The van der Waals surface area contributed by atoms with E-state index in [9.17, 15) is 10.1 Å². The van der Waals surface area contributed by atoms with E-state index in [0.717, 1.165) is 4.88 Å². The molecule has 8 heteroatoms. The normalized spacial score (nSPS) is 10.7. The number of halogens is 1. The van der Waals surface area contributed by atoms with E-state index in [1.54, 1.807) is 6.07 Å². The van der Waals surface area contributed by atoms with Crippen molar-refractivity contribution in [2.75, 3.05) is 5.73 Å². The van der Waals surface area contributed by atoms with Crippen molar-refractivity contribution in [3.05, 3.63) is 50.8 Å². The third kappa shape index (κ3) is 2.26. The van der Waals surface area contributed by atoms with Crippen molar-refractivity contribution >= 4 is 34.4 Å². The standard InChI is InChI=1S/C13H9ClN4O2S/c14-7-3-1-4-8(18(19)20)10(7)12-11(13(15)17-16-12)9-5-2-6-21-9/h1-6H,(H3,15,16,17). The Hall–Kier alpha value is -2.38. The summed E-state index contributed by atoms with van der Waals surface area (Å²) in [5.41, 5.74) is 7.17. The second-order valence-corrected chi connectivity index (χ2v) is 5.58. The van der Waals surface area contributed by atoms with E-state index in [1.165, 1.54) is 23.5 Å². The highest BCUT2D eigenvalue weighted by atomic mass is 35.5. The van der Waals surface area contributed by atoms with Crippen LogP contribution in [0.4, 0.5) is 11.5 Å². The quantitative estimate of drug-likeness (QED) is 0.564. The predicted octanol–water partition coefficient (Wildman–Crippen LogP) is 3.95. The number of nitrogens with one attached hydrogen (secondary N) is 1. The number of nitro groups is 1. The number of thiophene rings is 1. The van der Waals surface area contributed by atoms with E-state index in [1.807, 2.05) is 17.5 Å². The first-order chi connectivity index (χ1) is 10.1. The van der Waals surface area contributed by atoms with Crippen LogP contribution in [0.25, 0.3) is 21.7 Å². The molecular weight excluding hydrogens is 312 g/mol. The summed E-state index contributed by atoms with van der Waals surface area (Å²) in [6.07, 6.45) is 0. The predicted molar refractivity (Wildman–Crippen MR) is 83.4 cm³/mol. The van der Waals surface area contributed by atoms with Gasteiger partial charge in [0.2, 0.25) is 0 Å². The van der Waals surface area contributed by atoms with Crippen LogP contribution < -0.4 is 5.73 Å². The molecule has 3 N–H and O–H groups in total. The number of H-pyrrole nitrogens is 1. The molecule has 0 saturated carbocycles. The zero-order chi connectivity index (χ0) is 15.0. The van der Waals surface area contributed by atoms with Crippen molar-refractivity contribution in [2.24, 2.45) is 0 Å². The Kier molecular flexibility index (Phi) is 3.36. The third-order valence-corrected chi connectivity index (χ3v) is 4.20. The number of hydrogen-bond donors (Lipinski definition) is 2. The number of benzene rings is 1. The summed E-state index contributed by atoms with van der Waals surface area (Å²) in [5.74, 6) is 0.279. The van der Waals surface area contributed by atoms with Crippen LogP contribution in [-0.2, 0) is 0 Å². The van der Waals surface area contributed by atoms with Crippen molar-refractivity contribution in [1.82, 2.24) is 10.2 Å². The summed E-state index contributed by atoms with van der Waals surface area (Å²) < 4.78 is 0. The van der Waals surface area contributed by atoms with Crippen LogP contribution in [0.5, 0.6) is 0 Å².